The standard InChI is InChI=1S/C15H15NO4/c1-9(2)14-16-11(15(17)20-14)7-10-3-4-12-13(8-10)19-6-5-18-12/h3-4,7-9H,5-6H2,1-2H3/b11-7+. The molecule has 0 radical (unpaired) electrons. The molecule has 2 aliphatic rings. The first kappa shape index (κ1) is 12.7. The van der Waals surface area contributed by atoms with Gasteiger partial charge in [-0.05, 0) is 23.8 Å². The van der Waals surface area contributed by atoms with E-state index in [2.05, 4.69) is 4.99 Å². The molecule has 0 bridgehead atoms. The van der Waals surface area contributed by atoms with E-state index >= 15 is 0 Å². The van der Waals surface area contributed by atoms with Gasteiger partial charge in [-0.25, -0.2) is 9.79 Å². The van der Waals surface area contributed by atoms with Crippen molar-refractivity contribution in [2.45, 2.75) is 13.8 Å². The lowest BCUT2D eigenvalue weighted by Crippen LogP contribution is -2.15. The third-order valence-electron chi connectivity index (χ3n) is 3.00. The van der Waals surface area contributed by atoms with Crippen LogP contribution < -0.4 is 9.47 Å². The molecule has 0 saturated carbocycles. The first-order valence-corrected chi connectivity index (χ1v) is 6.55. The van der Waals surface area contributed by atoms with Crippen LogP contribution in [-0.2, 0) is 9.53 Å². The van der Waals surface area contributed by atoms with Crippen LogP contribution in [0.3, 0.4) is 0 Å². The van der Waals surface area contributed by atoms with E-state index in [0.717, 1.165) is 11.3 Å². The molecule has 1 aromatic carbocycles. The summed E-state index contributed by atoms with van der Waals surface area (Å²) in [6.45, 7) is 4.95. The van der Waals surface area contributed by atoms with E-state index in [1.54, 1.807) is 6.08 Å². The highest BCUT2D eigenvalue weighted by Crippen LogP contribution is 2.31. The van der Waals surface area contributed by atoms with Gasteiger partial charge in [0.1, 0.15) is 13.2 Å². The number of esters is 1. The Morgan fingerprint density at radius 3 is 2.65 bits per heavy atom. The molecule has 2 aliphatic heterocycles. The van der Waals surface area contributed by atoms with Crippen LogP contribution in [0, 0.1) is 5.92 Å². The summed E-state index contributed by atoms with van der Waals surface area (Å²) in [6.07, 6.45) is 1.69. The molecule has 0 saturated heterocycles. The Balaban J connectivity index is 1.90. The van der Waals surface area contributed by atoms with E-state index in [1.165, 1.54) is 0 Å². The van der Waals surface area contributed by atoms with Crippen LogP contribution in [0.1, 0.15) is 19.4 Å². The Labute approximate surface area is 116 Å². The summed E-state index contributed by atoms with van der Waals surface area (Å²) in [5.74, 6) is 1.54. The van der Waals surface area contributed by atoms with Gasteiger partial charge in [0.05, 0.1) is 0 Å². The van der Waals surface area contributed by atoms with Gasteiger partial charge in [0, 0.05) is 5.92 Å². The van der Waals surface area contributed by atoms with Crippen molar-refractivity contribution in [1.29, 1.82) is 0 Å². The summed E-state index contributed by atoms with van der Waals surface area (Å²) in [5.41, 5.74) is 1.14. The molecule has 0 atom stereocenters. The molecule has 0 unspecified atom stereocenters. The number of rotatable bonds is 2. The average molecular weight is 273 g/mol. The summed E-state index contributed by atoms with van der Waals surface area (Å²) in [6, 6.07) is 5.52. The number of hydrogen-bond donors (Lipinski definition) is 0. The third-order valence-corrected chi connectivity index (χ3v) is 3.00. The molecule has 5 heteroatoms. The number of benzene rings is 1. The molecule has 2 heterocycles. The number of aliphatic imine (C=N–C) groups is 1. The zero-order chi connectivity index (χ0) is 14.1. The van der Waals surface area contributed by atoms with Crippen molar-refractivity contribution in [3.63, 3.8) is 0 Å². The average Bonchev–Trinajstić information content (AvgIpc) is 2.80. The third kappa shape index (κ3) is 2.39. The molecule has 1 aromatic rings. The monoisotopic (exact) mass is 273 g/mol. The van der Waals surface area contributed by atoms with Crippen molar-refractivity contribution in [1.82, 2.24) is 0 Å². The smallest absolute Gasteiger partial charge is 0.363 e. The number of carbonyl (C=O) groups excluding carboxylic acids is 1. The minimum Gasteiger partial charge on any atom is -0.486 e. The van der Waals surface area contributed by atoms with Crippen molar-refractivity contribution >= 4 is 17.9 Å². The molecule has 0 fully saturated rings. The van der Waals surface area contributed by atoms with E-state index in [9.17, 15) is 4.79 Å². The highest BCUT2D eigenvalue weighted by molar-refractivity contribution is 6.07. The van der Waals surface area contributed by atoms with Crippen LogP contribution in [0.15, 0.2) is 28.9 Å². The molecular formula is C15H15NO4. The Bertz CT molecular complexity index is 616. The van der Waals surface area contributed by atoms with Gasteiger partial charge in [0.15, 0.2) is 17.2 Å². The summed E-state index contributed by atoms with van der Waals surface area (Å²) >= 11 is 0. The fourth-order valence-corrected chi connectivity index (χ4v) is 1.98. The van der Waals surface area contributed by atoms with E-state index in [0.29, 0.717) is 30.6 Å². The van der Waals surface area contributed by atoms with Gasteiger partial charge >= 0.3 is 5.97 Å². The van der Waals surface area contributed by atoms with Crippen LogP contribution in [0.5, 0.6) is 11.5 Å². The Hall–Kier alpha value is -2.30. The first-order valence-electron chi connectivity index (χ1n) is 6.55. The van der Waals surface area contributed by atoms with Crippen molar-refractivity contribution in [3.8, 4) is 11.5 Å². The lowest BCUT2D eigenvalue weighted by molar-refractivity contribution is -0.130. The predicted molar refractivity (Wildman–Crippen MR) is 73.8 cm³/mol. The Morgan fingerprint density at radius 2 is 1.95 bits per heavy atom. The number of cyclic esters (lactones) is 1. The molecule has 104 valence electrons. The second kappa shape index (κ2) is 5.00. The zero-order valence-electron chi connectivity index (χ0n) is 11.4. The highest BCUT2D eigenvalue weighted by Gasteiger charge is 2.24. The Kier molecular flexibility index (Phi) is 3.18. The SMILES string of the molecule is CC(C)C1=N/C(=C/c2ccc3c(c2)OCCO3)C(=O)O1. The molecule has 3 rings (SSSR count). The quantitative estimate of drug-likeness (QED) is 0.613. The van der Waals surface area contributed by atoms with E-state index in [-0.39, 0.29) is 5.92 Å². The molecule has 0 aliphatic carbocycles. The maximum atomic E-state index is 11.7. The van der Waals surface area contributed by atoms with Crippen LogP contribution in [-0.4, -0.2) is 25.1 Å². The number of hydrogen-bond acceptors (Lipinski definition) is 5. The molecule has 20 heavy (non-hydrogen) atoms. The highest BCUT2D eigenvalue weighted by atomic mass is 16.6. The van der Waals surface area contributed by atoms with E-state index < -0.39 is 5.97 Å². The van der Waals surface area contributed by atoms with Crippen LogP contribution in [0.4, 0.5) is 0 Å². The van der Waals surface area contributed by atoms with Gasteiger partial charge in [-0.1, -0.05) is 19.9 Å². The van der Waals surface area contributed by atoms with Crippen molar-refractivity contribution in [2.24, 2.45) is 10.9 Å². The van der Waals surface area contributed by atoms with Gasteiger partial charge in [-0.15, -0.1) is 0 Å². The van der Waals surface area contributed by atoms with Gasteiger partial charge in [0.25, 0.3) is 0 Å². The first-order chi connectivity index (χ1) is 9.63. The fourth-order valence-electron chi connectivity index (χ4n) is 1.98. The van der Waals surface area contributed by atoms with Crippen LogP contribution in [0.25, 0.3) is 6.08 Å². The molecule has 0 N–H and O–H groups in total. The number of ether oxygens (including phenoxy) is 3. The lowest BCUT2D eigenvalue weighted by Gasteiger charge is -2.18. The van der Waals surface area contributed by atoms with E-state index in [4.69, 9.17) is 14.2 Å². The van der Waals surface area contributed by atoms with Gasteiger partial charge in [-0.2, -0.15) is 0 Å². The largest absolute Gasteiger partial charge is 0.486 e. The normalized spacial score (nSPS) is 19.2. The zero-order valence-corrected chi connectivity index (χ0v) is 11.4. The maximum Gasteiger partial charge on any atom is 0.363 e. The maximum absolute atomic E-state index is 11.7. The second-order valence-corrected chi connectivity index (χ2v) is 4.93. The van der Waals surface area contributed by atoms with Gasteiger partial charge in [-0.3, -0.25) is 0 Å². The molecule has 0 aromatic heterocycles. The van der Waals surface area contributed by atoms with Crippen molar-refractivity contribution < 1.29 is 19.0 Å². The summed E-state index contributed by atoms with van der Waals surface area (Å²) in [5, 5.41) is 0. The summed E-state index contributed by atoms with van der Waals surface area (Å²) in [7, 11) is 0. The minimum absolute atomic E-state index is 0.0881. The number of fused-ring (bicyclic) bond motifs is 1. The molecular weight excluding hydrogens is 258 g/mol. The minimum atomic E-state index is -0.413. The molecule has 0 amide bonds. The van der Waals surface area contributed by atoms with Crippen LogP contribution in [0.2, 0.25) is 0 Å². The van der Waals surface area contributed by atoms with Gasteiger partial charge in [0.2, 0.25) is 5.90 Å². The van der Waals surface area contributed by atoms with E-state index in [1.807, 2.05) is 32.0 Å². The lowest BCUT2D eigenvalue weighted by atomic mass is 10.1. The Morgan fingerprint density at radius 1 is 1.20 bits per heavy atom. The van der Waals surface area contributed by atoms with Gasteiger partial charge < -0.3 is 14.2 Å². The molecule has 5 nitrogen and oxygen atoms in total. The van der Waals surface area contributed by atoms with Crippen molar-refractivity contribution in [3.05, 3.63) is 29.5 Å². The summed E-state index contributed by atoms with van der Waals surface area (Å²) < 4.78 is 16.1. The molecule has 0 spiro atoms. The topological polar surface area (TPSA) is 57.1 Å². The van der Waals surface area contributed by atoms with Crippen molar-refractivity contribution in [2.75, 3.05) is 13.2 Å². The summed E-state index contributed by atoms with van der Waals surface area (Å²) in [4.78, 5) is 15.9. The van der Waals surface area contributed by atoms with Crippen LogP contribution >= 0.6 is 0 Å². The number of carbonyl (C=O) groups is 1. The fraction of sp³-hybridized carbons (Fsp3) is 0.333. The predicted octanol–water partition coefficient (Wildman–Crippen LogP) is 2.41. The second-order valence-electron chi connectivity index (χ2n) is 4.93. The number of nitrogens with zero attached hydrogens (tertiary/aromatic N) is 1.